The minimum absolute atomic E-state index is 0.0243. The van der Waals surface area contributed by atoms with Crippen molar-refractivity contribution in [1.82, 2.24) is 14.7 Å². The number of benzene rings is 1. The summed E-state index contributed by atoms with van der Waals surface area (Å²) in [6, 6.07) is 7.86. The predicted octanol–water partition coefficient (Wildman–Crippen LogP) is 2.77. The molecule has 160 valence electrons. The van der Waals surface area contributed by atoms with Gasteiger partial charge in [0, 0.05) is 36.8 Å². The van der Waals surface area contributed by atoms with Gasteiger partial charge in [-0.15, -0.1) is 0 Å². The quantitative estimate of drug-likeness (QED) is 0.662. The molecule has 0 spiro atoms. The lowest BCUT2D eigenvalue weighted by atomic mass is 9.96. The van der Waals surface area contributed by atoms with E-state index in [0.717, 1.165) is 55.8 Å². The zero-order chi connectivity index (χ0) is 21.7. The first kappa shape index (κ1) is 22.1. The number of piperidine rings is 1. The van der Waals surface area contributed by atoms with Crippen molar-refractivity contribution in [3.63, 3.8) is 0 Å². The molecular formula is C22H28ClN5O2. The fourth-order valence-electron chi connectivity index (χ4n) is 3.66. The number of aromatic nitrogens is 2. The molecule has 1 aliphatic heterocycles. The van der Waals surface area contributed by atoms with Crippen LogP contribution in [0.25, 0.3) is 6.08 Å². The number of hydrogen-bond acceptors (Lipinski definition) is 4. The first-order chi connectivity index (χ1) is 14.3. The third kappa shape index (κ3) is 5.70. The molecule has 8 heteroatoms. The lowest BCUT2D eigenvalue weighted by Crippen LogP contribution is -2.39. The largest absolute Gasteiger partial charge is 0.369 e. The zero-order valence-corrected chi connectivity index (χ0v) is 18.2. The number of rotatable bonds is 7. The highest BCUT2D eigenvalue weighted by Gasteiger charge is 2.22. The lowest BCUT2D eigenvalue weighted by molar-refractivity contribution is -0.123. The molecule has 2 aromatic rings. The van der Waals surface area contributed by atoms with Gasteiger partial charge in [0.2, 0.25) is 11.8 Å². The predicted molar refractivity (Wildman–Crippen MR) is 119 cm³/mol. The Bertz CT molecular complexity index is 928. The normalized spacial score (nSPS) is 15.6. The molecule has 2 heterocycles. The maximum absolute atomic E-state index is 12.2. The van der Waals surface area contributed by atoms with Crippen molar-refractivity contribution in [2.75, 3.05) is 25.0 Å². The van der Waals surface area contributed by atoms with E-state index in [4.69, 9.17) is 17.3 Å². The Morgan fingerprint density at radius 3 is 2.50 bits per heavy atom. The number of primary amides is 1. The van der Waals surface area contributed by atoms with Crippen molar-refractivity contribution < 1.29 is 9.59 Å². The maximum atomic E-state index is 12.2. The molecule has 0 saturated carbocycles. The van der Waals surface area contributed by atoms with E-state index in [1.54, 1.807) is 17.8 Å². The van der Waals surface area contributed by atoms with E-state index in [0.29, 0.717) is 5.15 Å². The number of nitrogens with two attached hydrogens (primary N) is 1. The van der Waals surface area contributed by atoms with Crippen LogP contribution in [0.15, 0.2) is 30.3 Å². The van der Waals surface area contributed by atoms with Gasteiger partial charge in [-0.2, -0.15) is 5.10 Å². The summed E-state index contributed by atoms with van der Waals surface area (Å²) < 4.78 is 1.58. The Morgan fingerprint density at radius 2 is 1.93 bits per heavy atom. The summed E-state index contributed by atoms with van der Waals surface area (Å²) in [5.74, 6) is -0.378. The number of halogens is 1. The Morgan fingerprint density at radius 1 is 1.27 bits per heavy atom. The Kier molecular flexibility index (Phi) is 7.29. The molecule has 3 rings (SSSR count). The van der Waals surface area contributed by atoms with Gasteiger partial charge < -0.3 is 16.0 Å². The summed E-state index contributed by atoms with van der Waals surface area (Å²) in [5.41, 5.74) is 8.85. The molecule has 0 atom stereocenters. The number of carbonyl (C=O) groups excluding carboxylic acids is 2. The number of carbonyl (C=O) groups is 2. The van der Waals surface area contributed by atoms with Gasteiger partial charge in [-0.05, 0) is 63.0 Å². The van der Waals surface area contributed by atoms with E-state index in [2.05, 4.69) is 15.3 Å². The highest BCUT2D eigenvalue weighted by Crippen LogP contribution is 2.20. The highest BCUT2D eigenvalue weighted by molar-refractivity contribution is 6.31. The second-order valence-electron chi connectivity index (χ2n) is 7.70. The topological polar surface area (TPSA) is 93.2 Å². The van der Waals surface area contributed by atoms with E-state index in [1.807, 2.05) is 31.2 Å². The van der Waals surface area contributed by atoms with Crippen LogP contribution in [0.2, 0.25) is 5.15 Å². The first-order valence-electron chi connectivity index (χ1n) is 10.1. The van der Waals surface area contributed by atoms with Crippen LogP contribution in [0.3, 0.4) is 0 Å². The number of nitrogens with zero attached hydrogens (tertiary/aromatic N) is 3. The average molecular weight is 430 g/mol. The van der Waals surface area contributed by atoms with Gasteiger partial charge in [0.1, 0.15) is 5.15 Å². The molecule has 0 unspecified atom stereocenters. The molecule has 0 bridgehead atoms. The minimum atomic E-state index is -0.223. The van der Waals surface area contributed by atoms with Crippen LogP contribution in [0.1, 0.15) is 29.7 Å². The van der Waals surface area contributed by atoms with Crippen molar-refractivity contribution in [2.24, 2.45) is 18.7 Å². The zero-order valence-electron chi connectivity index (χ0n) is 17.4. The number of likely N-dealkylation sites (tertiary alicyclic amines) is 1. The van der Waals surface area contributed by atoms with Gasteiger partial charge in [0.05, 0.1) is 5.69 Å². The number of aryl methyl sites for hydroxylation is 2. The molecule has 2 amide bonds. The Labute approximate surface area is 181 Å². The van der Waals surface area contributed by atoms with E-state index in [9.17, 15) is 9.59 Å². The number of nitrogens with one attached hydrogen (secondary N) is 1. The van der Waals surface area contributed by atoms with Gasteiger partial charge in [0.15, 0.2) is 0 Å². The van der Waals surface area contributed by atoms with Crippen LogP contribution in [0.4, 0.5) is 5.69 Å². The summed E-state index contributed by atoms with van der Waals surface area (Å²) in [6.07, 6.45) is 5.75. The fourth-order valence-corrected chi connectivity index (χ4v) is 3.90. The standard InChI is InChI=1S/C22H28ClN5O2/c1-15-19(21(23)27(2)26-15)7-8-20(29)25-18-5-3-16(4-6-18)9-12-28-13-10-17(11-14-28)22(24)30/h3-8,17H,9-14H2,1-2H3,(H2,24,30)(H,25,29)/b8-7+. The summed E-state index contributed by atoms with van der Waals surface area (Å²) >= 11 is 6.18. The van der Waals surface area contributed by atoms with Crippen LogP contribution in [-0.4, -0.2) is 46.1 Å². The highest BCUT2D eigenvalue weighted by atomic mass is 35.5. The van der Waals surface area contributed by atoms with E-state index >= 15 is 0 Å². The molecule has 3 N–H and O–H groups in total. The second-order valence-corrected chi connectivity index (χ2v) is 8.06. The van der Waals surface area contributed by atoms with Crippen LogP contribution in [0.5, 0.6) is 0 Å². The first-order valence-corrected chi connectivity index (χ1v) is 10.5. The van der Waals surface area contributed by atoms with E-state index in [-0.39, 0.29) is 17.7 Å². The average Bonchev–Trinajstić information content (AvgIpc) is 2.97. The summed E-state index contributed by atoms with van der Waals surface area (Å²) in [6.45, 7) is 4.62. The van der Waals surface area contributed by atoms with Crippen molar-refractivity contribution >= 4 is 35.2 Å². The van der Waals surface area contributed by atoms with Crippen LogP contribution >= 0.6 is 11.6 Å². The molecule has 0 radical (unpaired) electrons. The van der Waals surface area contributed by atoms with Crippen molar-refractivity contribution in [3.05, 3.63) is 52.3 Å². The van der Waals surface area contributed by atoms with Gasteiger partial charge in [-0.25, -0.2) is 0 Å². The lowest BCUT2D eigenvalue weighted by Gasteiger charge is -2.30. The second kappa shape index (κ2) is 9.91. The molecule has 1 saturated heterocycles. The maximum Gasteiger partial charge on any atom is 0.248 e. The minimum Gasteiger partial charge on any atom is -0.369 e. The van der Waals surface area contributed by atoms with Crippen molar-refractivity contribution in [1.29, 1.82) is 0 Å². The number of hydrogen-bond donors (Lipinski definition) is 2. The van der Waals surface area contributed by atoms with Crippen molar-refractivity contribution in [3.8, 4) is 0 Å². The molecule has 30 heavy (non-hydrogen) atoms. The molecule has 1 aromatic carbocycles. The third-order valence-electron chi connectivity index (χ3n) is 5.53. The molecule has 1 aliphatic rings. The summed E-state index contributed by atoms with van der Waals surface area (Å²) in [4.78, 5) is 25.8. The Balaban J connectivity index is 1.47. The third-order valence-corrected chi connectivity index (χ3v) is 5.97. The van der Waals surface area contributed by atoms with Gasteiger partial charge in [0.25, 0.3) is 0 Å². The van der Waals surface area contributed by atoms with Crippen LogP contribution in [0, 0.1) is 12.8 Å². The summed E-state index contributed by atoms with van der Waals surface area (Å²) in [5, 5.41) is 7.58. The molecule has 7 nitrogen and oxygen atoms in total. The monoisotopic (exact) mass is 429 g/mol. The molecule has 1 aromatic heterocycles. The molecular weight excluding hydrogens is 402 g/mol. The fraction of sp³-hybridized carbons (Fsp3) is 0.409. The van der Waals surface area contributed by atoms with Gasteiger partial charge in [-0.3, -0.25) is 14.3 Å². The number of anilines is 1. The Hall–Kier alpha value is -2.64. The van der Waals surface area contributed by atoms with E-state index < -0.39 is 0 Å². The summed E-state index contributed by atoms with van der Waals surface area (Å²) in [7, 11) is 1.76. The smallest absolute Gasteiger partial charge is 0.248 e. The molecule has 0 aliphatic carbocycles. The van der Waals surface area contributed by atoms with Gasteiger partial charge >= 0.3 is 0 Å². The van der Waals surface area contributed by atoms with E-state index in [1.165, 1.54) is 11.6 Å². The van der Waals surface area contributed by atoms with Crippen LogP contribution < -0.4 is 11.1 Å². The molecule has 1 fully saturated rings. The number of amides is 2. The van der Waals surface area contributed by atoms with Crippen molar-refractivity contribution in [2.45, 2.75) is 26.2 Å². The SMILES string of the molecule is Cc1nn(C)c(Cl)c1/C=C/C(=O)Nc1ccc(CCN2CCC(C(N)=O)CC2)cc1. The van der Waals surface area contributed by atoms with Gasteiger partial charge in [-0.1, -0.05) is 23.7 Å². The van der Waals surface area contributed by atoms with Crippen LogP contribution in [-0.2, 0) is 23.1 Å².